The summed E-state index contributed by atoms with van der Waals surface area (Å²) < 4.78 is 33.4. The van der Waals surface area contributed by atoms with Crippen molar-refractivity contribution >= 4 is 35.5 Å². The lowest BCUT2D eigenvalue weighted by Gasteiger charge is -2.27. The summed E-state index contributed by atoms with van der Waals surface area (Å²) in [6.45, 7) is 6.91. The third-order valence-corrected chi connectivity index (χ3v) is 6.38. The van der Waals surface area contributed by atoms with E-state index in [1.54, 1.807) is 12.1 Å². The van der Waals surface area contributed by atoms with Crippen LogP contribution in [0.5, 0.6) is 5.75 Å². The lowest BCUT2D eigenvalue weighted by molar-refractivity contribution is -0.176. The normalized spacial score (nSPS) is 20.8. The Hall–Kier alpha value is -3.63. The van der Waals surface area contributed by atoms with Crippen molar-refractivity contribution in [2.75, 3.05) is 13.2 Å². The predicted octanol–water partition coefficient (Wildman–Crippen LogP) is 4.13. The Morgan fingerprint density at radius 1 is 0.875 bits per heavy atom. The van der Waals surface area contributed by atoms with Crippen molar-refractivity contribution in [1.29, 1.82) is 0 Å². The Morgan fingerprint density at radius 3 is 2.10 bits per heavy atom. The molecule has 40 heavy (non-hydrogen) atoms. The van der Waals surface area contributed by atoms with Crippen molar-refractivity contribution in [2.45, 2.75) is 71.6 Å². The summed E-state index contributed by atoms with van der Waals surface area (Å²) in [6.07, 6.45) is -4.97. The number of rotatable bonds is 11. The largest absolute Gasteiger partial charge is 0.494 e. The molecule has 2 unspecified atom stereocenters. The van der Waals surface area contributed by atoms with Gasteiger partial charge in [0.1, 0.15) is 24.6 Å². The maximum atomic E-state index is 12.1. The van der Waals surface area contributed by atoms with E-state index >= 15 is 0 Å². The van der Waals surface area contributed by atoms with Crippen LogP contribution in [0.3, 0.4) is 0 Å². The van der Waals surface area contributed by atoms with Gasteiger partial charge in [0.05, 0.1) is 6.61 Å². The quantitative estimate of drug-likeness (QED) is 0.285. The summed E-state index contributed by atoms with van der Waals surface area (Å²) in [5.74, 6) is -1.82. The van der Waals surface area contributed by atoms with Gasteiger partial charge in [-0.25, -0.2) is 0 Å². The first kappa shape index (κ1) is 30.9. The minimum absolute atomic E-state index is 0.361. The van der Waals surface area contributed by atoms with Crippen molar-refractivity contribution in [3.8, 4) is 5.75 Å². The smallest absolute Gasteiger partial charge is 0.303 e. The zero-order chi connectivity index (χ0) is 29.4. The van der Waals surface area contributed by atoms with Crippen molar-refractivity contribution in [1.82, 2.24) is 0 Å². The minimum Gasteiger partial charge on any atom is -0.494 e. The highest BCUT2D eigenvalue weighted by Crippen LogP contribution is 2.40. The molecular weight excluding hydrogens is 544 g/mol. The van der Waals surface area contributed by atoms with Crippen LogP contribution < -0.4 is 4.74 Å². The zero-order valence-corrected chi connectivity index (χ0v) is 23.8. The molecule has 1 fully saturated rings. The molecule has 10 nitrogen and oxygen atoms in total. The average Bonchev–Trinajstić information content (AvgIpc) is 3.20. The maximum Gasteiger partial charge on any atom is 0.303 e. The number of carbonyl (C=O) groups excluding carboxylic acids is 4. The Bertz CT molecular complexity index is 1210. The molecule has 2 aromatic rings. The minimum atomic E-state index is -1.17. The molecule has 3 rings (SSSR count). The second-order valence-electron chi connectivity index (χ2n) is 9.22. The molecular formula is C29H33ClO10. The fourth-order valence-electron chi connectivity index (χ4n) is 4.50. The lowest BCUT2D eigenvalue weighted by atomic mass is 9.96. The molecule has 1 aliphatic heterocycles. The monoisotopic (exact) mass is 576 g/mol. The molecule has 0 bridgehead atoms. The van der Waals surface area contributed by atoms with E-state index in [1.807, 2.05) is 37.3 Å². The van der Waals surface area contributed by atoms with Crippen LogP contribution in [-0.2, 0) is 49.3 Å². The lowest BCUT2D eigenvalue weighted by Crippen LogP contribution is -2.46. The van der Waals surface area contributed by atoms with Crippen molar-refractivity contribution in [2.24, 2.45) is 0 Å². The number of hydrogen-bond donors (Lipinski definition) is 0. The zero-order valence-electron chi connectivity index (χ0n) is 23.0. The van der Waals surface area contributed by atoms with Crippen LogP contribution in [0.25, 0.3) is 0 Å². The fourth-order valence-corrected chi connectivity index (χ4v) is 4.69. The number of hydrogen-bond acceptors (Lipinski definition) is 10. The van der Waals surface area contributed by atoms with E-state index in [0.29, 0.717) is 23.6 Å². The van der Waals surface area contributed by atoms with E-state index in [4.69, 9.17) is 40.0 Å². The first-order valence-electron chi connectivity index (χ1n) is 12.8. The first-order valence-corrected chi connectivity index (χ1v) is 13.2. The highest BCUT2D eigenvalue weighted by Gasteiger charge is 2.53. The summed E-state index contributed by atoms with van der Waals surface area (Å²) in [7, 11) is 0. The highest BCUT2D eigenvalue weighted by molar-refractivity contribution is 6.31. The van der Waals surface area contributed by atoms with Gasteiger partial charge in [0.25, 0.3) is 0 Å². The van der Waals surface area contributed by atoms with E-state index in [9.17, 15) is 19.2 Å². The van der Waals surface area contributed by atoms with Crippen molar-refractivity contribution < 1.29 is 47.6 Å². The van der Waals surface area contributed by atoms with Crippen molar-refractivity contribution in [3.63, 3.8) is 0 Å². The van der Waals surface area contributed by atoms with Gasteiger partial charge in [-0.2, -0.15) is 0 Å². The van der Waals surface area contributed by atoms with Crippen LogP contribution in [-0.4, -0.2) is 61.5 Å². The molecule has 0 saturated carbocycles. The van der Waals surface area contributed by atoms with Gasteiger partial charge in [-0.3, -0.25) is 19.2 Å². The summed E-state index contributed by atoms with van der Waals surface area (Å²) in [5.41, 5.74) is 2.35. The second-order valence-corrected chi connectivity index (χ2v) is 9.63. The van der Waals surface area contributed by atoms with E-state index in [-0.39, 0.29) is 6.61 Å². The first-order chi connectivity index (χ1) is 19.0. The number of carbonyl (C=O) groups is 4. The number of ether oxygens (including phenoxy) is 6. The Kier molecular flexibility index (Phi) is 10.9. The fraction of sp³-hybridized carbons (Fsp3) is 0.448. The molecule has 1 saturated heterocycles. The molecule has 216 valence electrons. The highest BCUT2D eigenvalue weighted by atomic mass is 35.5. The summed E-state index contributed by atoms with van der Waals surface area (Å²) in [5, 5.41) is 0.514. The Labute approximate surface area is 237 Å². The van der Waals surface area contributed by atoms with E-state index < -0.39 is 54.4 Å². The Morgan fingerprint density at radius 2 is 1.52 bits per heavy atom. The van der Waals surface area contributed by atoms with Gasteiger partial charge in [-0.05, 0) is 48.2 Å². The molecule has 1 heterocycles. The molecule has 1 aliphatic rings. The molecule has 0 radical (unpaired) electrons. The molecule has 0 spiro atoms. The third-order valence-electron chi connectivity index (χ3n) is 6.02. The van der Waals surface area contributed by atoms with Gasteiger partial charge in [-0.15, -0.1) is 0 Å². The number of benzene rings is 2. The molecule has 2 aromatic carbocycles. The number of halogens is 1. The molecule has 0 aromatic heterocycles. The standard InChI is InChI=1S/C29H33ClO10/c1-6-35-23-10-7-20(8-11-23)13-22-14-21(9-12-24(22)30)26-28(38-18(4)33)29(39-19(5)34)27(40-26)25(37-17(3)32)15-36-16(2)31/h7-12,14,25-29H,6,13,15H2,1-5H3/t25-,26?,27-,28?,29+/m1/s1. The van der Waals surface area contributed by atoms with Gasteiger partial charge < -0.3 is 28.4 Å². The summed E-state index contributed by atoms with van der Waals surface area (Å²) in [6, 6.07) is 12.9. The maximum absolute atomic E-state index is 12.1. The summed E-state index contributed by atoms with van der Waals surface area (Å²) in [4.78, 5) is 47.5. The van der Waals surface area contributed by atoms with Crippen LogP contribution in [0.4, 0.5) is 0 Å². The van der Waals surface area contributed by atoms with Gasteiger partial charge >= 0.3 is 23.9 Å². The predicted molar refractivity (Wildman–Crippen MR) is 143 cm³/mol. The van der Waals surface area contributed by atoms with Crippen LogP contribution in [0.15, 0.2) is 42.5 Å². The topological polar surface area (TPSA) is 124 Å². The van der Waals surface area contributed by atoms with Gasteiger partial charge in [0, 0.05) is 32.7 Å². The summed E-state index contributed by atoms with van der Waals surface area (Å²) >= 11 is 6.53. The van der Waals surface area contributed by atoms with Crippen LogP contribution in [0.2, 0.25) is 5.02 Å². The van der Waals surface area contributed by atoms with E-state index in [0.717, 1.165) is 16.9 Å². The van der Waals surface area contributed by atoms with E-state index in [1.165, 1.54) is 27.7 Å². The Balaban J connectivity index is 1.99. The van der Waals surface area contributed by atoms with Gasteiger partial charge in [0.15, 0.2) is 18.3 Å². The van der Waals surface area contributed by atoms with Crippen LogP contribution >= 0.6 is 11.6 Å². The SMILES string of the molecule is CCOc1ccc(Cc2cc(C3O[C@H]([C@@H](COC(C)=O)OC(C)=O)[C@H](OC(C)=O)C3OC(C)=O)ccc2Cl)cc1. The van der Waals surface area contributed by atoms with E-state index in [2.05, 4.69) is 0 Å². The number of esters is 4. The molecule has 0 N–H and O–H groups in total. The molecule has 11 heteroatoms. The van der Waals surface area contributed by atoms with Gasteiger partial charge in [-0.1, -0.05) is 35.9 Å². The van der Waals surface area contributed by atoms with Crippen LogP contribution in [0.1, 0.15) is 57.4 Å². The van der Waals surface area contributed by atoms with Crippen molar-refractivity contribution in [3.05, 3.63) is 64.2 Å². The van der Waals surface area contributed by atoms with Gasteiger partial charge in [0.2, 0.25) is 0 Å². The molecule has 0 aliphatic carbocycles. The second kappa shape index (κ2) is 14.1. The van der Waals surface area contributed by atoms with Crippen LogP contribution in [0, 0.1) is 0 Å². The third kappa shape index (κ3) is 8.43. The average molecular weight is 577 g/mol. The molecule has 0 amide bonds. The molecule has 5 atom stereocenters.